The van der Waals surface area contributed by atoms with Gasteiger partial charge in [-0.05, 0) is 38.8 Å². The molecule has 0 aromatic heterocycles. The fraction of sp³-hybridized carbons (Fsp3) is 0.533. The van der Waals surface area contributed by atoms with E-state index in [4.69, 9.17) is 5.73 Å². The van der Waals surface area contributed by atoms with Gasteiger partial charge < -0.3 is 16.0 Å². The van der Waals surface area contributed by atoms with Crippen molar-refractivity contribution in [3.05, 3.63) is 23.8 Å². The van der Waals surface area contributed by atoms with Crippen LogP contribution >= 0.6 is 0 Å². The van der Waals surface area contributed by atoms with Gasteiger partial charge in [0.15, 0.2) is 0 Å². The molecule has 0 bridgehead atoms. The Morgan fingerprint density at radius 2 is 2.04 bits per heavy atom. The Kier molecular flexibility index (Phi) is 4.20. The van der Waals surface area contributed by atoms with Crippen LogP contribution in [0.1, 0.15) is 32.3 Å². The molecule has 0 spiro atoms. The smallest absolute Gasteiger partial charge is 0.344 e. The number of amidine groups is 1. The molecular formula is C15H23N5O2S. The van der Waals surface area contributed by atoms with Crippen LogP contribution in [0.15, 0.2) is 22.6 Å². The standard InChI is InChI=1S/C15H23N5O2S/c1-10(2)20-8-6-11(7-9-20)17-12-4-3-5-13-14(12)15(16)19-23(21,22)18-13/h3-5,10-11,17-18H,6-9H2,1-2H3,(H2,16,19). The summed E-state index contributed by atoms with van der Waals surface area (Å²) in [4.78, 5) is 2.46. The van der Waals surface area contributed by atoms with Crippen molar-refractivity contribution in [3.8, 4) is 0 Å². The zero-order chi connectivity index (χ0) is 16.6. The highest BCUT2D eigenvalue weighted by atomic mass is 32.2. The maximum Gasteiger partial charge on any atom is 0.344 e. The highest BCUT2D eigenvalue weighted by molar-refractivity contribution is 7.91. The fourth-order valence-electron chi connectivity index (χ4n) is 3.15. The van der Waals surface area contributed by atoms with E-state index in [0.717, 1.165) is 31.6 Å². The zero-order valence-corrected chi connectivity index (χ0v) is 14.2. The van der Waals surface area contributed by atoms with E-state index in [-0.39, 0.29) is 5.84 Å². The van der Waals surface area contributed by atoms with Gasteiger partial charge in [-0.2, -0.15) is 8.42 Å². The van der Waals surface area contributed by atoms with Crippen LogP contribution in [0.25, 0.3) is 0 Å². The van der Waals surface area contributed by atoms with Crippen molar-refractivity contribution in [2.24, 2.45) is 10.1 Å². The van der Waals surface area contributed by atoms with Crippen LogP contribution in [-0.4, -0.2) is 44.3 Å². The molecule has 1 aromatic rings. The van der Waals surface area contributed by atoms with E-state index in [2.05, 4.69) is 33.2 Å². The lowest BCUT2D eigenvalue weighted by Gasteiger charge is -2.35. The minimum Gasteiger partial charge on any atom is -0.382 e. The van der Waals surface area contributed by atoms with Crippen LogP contribution in [0, 0.1) is 0 Å². The van der Waals surface area contributed by atoms with Gasteiger partial charge >= 0.3 is 10.2 Å². The molecule has 2 aliphatic rings. The molecule has 0 unspecified atom stereocenters. The lowest BCUT2D eigenvalue weighted by molar-refractivity contribution is 0.177. The second-order valence-electron chi connectivity index (χ2n) is 6.33. The molecule has 2 aliphatic heterocycles. The predicted octanol–water partition coefficient (Wildman–Crippen LogP) is 1.35. The lowest BCUT2D eigenvalue weighted by atomic mass is 10.0. The summed E-state index contributed by atoms with van der Waals surface area (Å²) in [6.45, 7) is 6.54. The summed E-state index contributed by atoms with van der Waals surface area (Å²) in [7, 11) is -3.73. The van der Waals surface area contributed by atoms with Crippen molar-refractivity contribution in [2.45, 2.75) is 38.8 Å². The number of piperidine rings is 1. The third-order valence-corrected chi connectivity index (χ3v) is 5.31. The summed E-state index contributed by atoms with van der Waals surface area (Å²) in [5.41, 5.74) is 7.81. The molecule has 1 fully saturated rings. The highest BCUT2D eigenvalue weighted by Gasteiger charge is 2.26. The molecule has 0 amide bonds. The highest BCUT2D eigenvalue weighted by Crippen LogP contribution is 2.30. The third-order valence-electron chi connectivity index (χ3n) is 4.40. The van der Waals surface area contributed by atoms with Crippen LogP contribution in [0.5, 0.6) is 0 Å². The van der Waals surface area contributed by atoms with Gasteiger partial charge in [0.25, 0.3) is 0 Å². The first kappa shape index (κ1) is 16.1. The van der Waals surface area contributed by atoms with Gasteiger partial charge in [-0.3, -0.25) is 4.72 Å². The molecule has 1 saturated heterocycles. The number of anilines is 2. The van der Waals surface area contributed by atoms with Crippen LogP contribution < -0.4 is 15.8 Å². The quantitative estimate of drug-likeness (QED) is 0.773. The molecule has 2 heterocycles. The molecule has 3 rings (SSSR count). The van der Waals surface area contributed by atoms with Crippen LogP contribution in [0.3, 0.4) is 0 Å². The van der Waals surface area contributed by atoms with Gasteiger partial charge in [-0.25, -0.2) is 0 Å². The van der Waals surface area contributed by atoms with Crippen LogP contribution in [-0.2, 0) is 10.2 Å². The maximum atomic E-state index is 11.6. The van der Waals surface area contributed by atoms with E-state index in [1.165, 1.54) is 0 Å². The Morgan fingerprint density at radius 1 is 1.35 bits per heavy atom. The number of nitrogens with one attached hydrogen (secondary N) is 2. The van der Waals surface area contributed by atoms with Crippen molar-refractivity contribution in [1.29, 1.82) is 0 Å². The normalized spacial score (nSPS) is 21.4. The number of rotatable bonds is 3. The molecule has 0 radical (unpaired) electrons. The SMILES string of the molecule is CC(C)N1CCC(Nc2cccc3c2C(N)=NS(=O)(=O)N3)CC1. The fourth-order valence-corrected chi connectivity index (χ4v) is 3.99. The number of nitrogens with zero attached hydrogens (tertiary/aromatic N) is 2. The van der Waals surface area contributed by atoms with Gasteiger partial charge in [0.05, 0.1) is 11.3 Å². The molecule has 0 aliphatic carbocycles. The molecule has 126 valence electrons. The predicted molar refractivity (Wildman–Crippen MR) is 93.1 cm³/mol. The van der Waals surface area contributed by atoms with E-state index in [9.17, 15) is 8.42 Å². The molecule has 0 atom stereocenters. The number of benzene rings is 1. The Balaban J connectivity index is 1.78. The Bertz CT molecular complexity index is 721. The second-order valence-corrected chi connectivity index (χ2v) is 7.67. The summed E-state index contributed by atoms with van der Waals surface area (Å²) < 4.78 is 29.2. The van der Waals surface area contributed by atoms with Crippen LogP contribution in [0.2, 0.25) is 0 Å². The van der Waals surface area contributed by atoms with Crippen molar-refractivity contribution >= 4 is 27.4 Å². The van der Waals surface area contributed by atoms with E-state index in [0.29, 0.717) is 23.3 Å². The summed E-state index contributed by atoms with van der Waals surface area (Å²) in [6, 6.07) is 6.34. The summed E-state index contributed by atoms with van der Waals surface area (Å²) in [6.07, 6.45) is 2.09. The average Bonchev–Trinajstić information content (AvgIpc) is 2.46. The Labute approximate surface area is 137 Å². The first-order chi connectivity index (χ1) is 10.9. The van der Waals surface area contributed by atoms with E-state index >= 15 is 0 Å². The zero-order valence-electron chi connectivity index (χ0n) is 13.4. The number of fused-ring (bicyclic) bond motifs is 1. The molecule has 7 nitrogen and oxygen atoms in total. The number of nitrogens with two attached hydrogens (primary N) is 1. The minimum absolute atomic E-state index is 0.0291. The largest absolute Gasteiger partial charge is 0.382 e. The Hall–Kier alpha value is -1.80. The van der Waals surface area contributed by atoms with Crippen molar-refractivity contribution in [1.82, 2.24) is 4.90 Å². The average molecular weight is 337 g/mol. The van der Waals surface area contributed by atoms with Crippen molar-refractivity contribution < 1.29 is 8.42 Å². The number of hydrogen-bond acceptors (Lipinski definition) is 5. The maximum absolute atomic E-state index is 11.6. The molecule has 1 aromatic carbocycles. The van der Waals surface area contributed by atoms with Crippen LogP contribution in [0.4, 0.5) is 11.4 Å². The molecule has 23 heavy (non-hydrogen) atoms. The van der Waals surface area contributed by atoms with Gasteiger partial charge in [0.2, 0.25) is 0 Å². The summed E-state index contributed by atoms with van der Waals surface area (Å²) >= 11 is 0. The van der Waals surface area contributed by atoms with Crippen molar-refractivity contribution in [2.75, 3.05) is 23.1 Å². The van der Waals surface area contributed by atoms with Gasteiger partial charge in [-0.1, -0.05) is 6.07 Å². The lowest BCUT2D eigenvalue weighted by Crippen LogP contribution is -2.42. The summed E-state index contributed by atoms with van der Waals surface area (Å²) in [5.74, 6) is 0.0291. The Morgan fingerprint density at radius 3 is 2.70 bits per heavy atom. The third kappa shape index (κ3) is 3.42. The number of likely N-dealkylation sites (tertiary alicyclic amines) is 1. The van der Waals surface area contributed by atoms with Gasteiger partial charge in [0.1, 0.15) is 5.84 Å². The van der Waals surface area contributed by atoms with Gasteiger partial charge in [0, 0.05) is 30.9 Å². The molecule has 4 N–H and O–H groups in total. The molecule has 8 heteroatoms. The topological polar surface area (TPSA) is 99.8 Å². The second kappa shape index (κ2) is 6.01. The van der Waals surface area contributed by atoms with Gasteiger partial charge in [-0.15, -0.1) is 4.40 Å². The first-order valence-corrected chi connectivity index (χ1v) is 9.32. The van der Waals surface area contributed by atoms with E-state index < -0.39 is 10.2 Å². The first-order valence-electron chi connectivity index (χ1n) is 7.88. The summed E-state index contributed by atoms with van der Waals surface area (Å²) in [5, 5.41) is 3.50. The minimum atomic E-state index is -3.73. The van der Waals surface area contributed by atoms with E-state index in [1.807, 2.05) is 12.1 Å². The van der Waals surface area contributed by atoms with E-state index in [1.54, 1.807) is 6.07 Å². The monoisotopic (exact) mass is 337 g/mol. The number of hydrogen-bond donors (Lipinski definition) is 3. The molecular weight excluding hydrogens is 314 g/mol. The molecule has 0 saturated carbocycles. The van der Waals surface area contributed by atoms with Crippen molar-refractivity contribution in [3.63, 3.8) is 0 Å².